The van der Waals surface area contributed by atoms with Crippen LogP contribution in [0.4, 0.5) is 13.2 Å². The van der Waals surface area contributed by atoms with Gasteiger partial charge in [-0.3, -0.25) is 4.79 Å². The maximum atomic E-state index is 13.5. The van der Waals surface area contributed by atoms with E-state index in [1.807, 2.05) is 0 Å². The van der Waals surface area contributed by atoms with E-state index in [1.54, 1.807) is 0 Å². The predicted octanol–water partition coefficient (Wildman–Crippen LogP) is 2.91. The van der Waals surface area contributed by atoms with Crippen molar-refractivity contribution in [3.8, 4) is 0 Å². The summed E-state index contributed by atoms with van der Waals surface area (Å²) in [5, 5.41) is 0. The van der Waals surface area contributed by atoms with E-state index >= 15 is 0 Å². The third-order valence-corrected chi connectivity index (χ3v) is 3.30. The summed E-state index contributed by atoms with van der Waals surface area (Å²) in [4.78, 5) is 13.0. The average Bonchev–Trinajstić information content (AvgIpc) is 2.72. The summed E-state index contributed by atoms with van der Waals surface area (Å²) in [6.45, 7) is 0.174. The first kappa shape index (κ1) is 12.4. The number of hydrogen-bond acceptors (Lipinski definition) is 1. The van der Waals surface area contributed by atoms with Gasteiger partial charge in [-0.25, -0.2) is 13.2 Å². The molecule has 1 aromatic rings. The van der Waals surface area contributed by atoms with Gasteiger partial charge < -0.3 is 4.90 Å². The van der Waals surface area contributed by atoms with Crippen LogP contribution in [-0.4, -0.2) is 30.1 Å². The molecule has 0 unspecified atom stereocenters. The number of carbonyl (C=O) groups is 1. The predicted molar refractivity (Wildman–Crippen MR) is 59.5 cm³/mol. The summed E-state index contributed by atoms with van der Waals surface area (Å²) in [5.41, 5.74) is -0.361. The first-order chi connectivity index (χ1) is 8.00. The lowest BCUT2D eigenvalue weighted by Gasteiger charge is -2.15. The van der Waals surface area contributed by atoms with E-state index in [0.29, 0.717) is 0 Å². The van der Waals surface area contributed by atoms with Crippen LogP contribution in [0.15, 0.2) is 16.6 Å². The zero-order valence-electron chi connectivity index (χ0n) is 8.72. The standard InChI is InChI=1S/C11H9BrF3NO/c12-8-2-1-7(9(14)10(8)15)11(17)16-4-3-6(13)5-16/h1-2,6H,3-5H2/t6-/m1/s1. The number of hydrogen-bond donors (Lipinski definition) is 0. The molecule has 17 heavy (non-hydrogen) atoms. The van der Waals surface area contributed by atoms with Crippen LogP contribution in [0.1, 0.15) is 16.8 Å². The Kier molecular flexibility index (Phi) is 3.42. The minimum Gasteiger partial charge on any atom is -0.336 e. The number of amides is 1. The van der Waals surface area contributed by atoms with Crippen molar-refractivity contribution in [3.05, 3.63) is 33.8 Å². The van der Waals surface area contributed by atoms with Gasteiger partial charge in [-0.1, -0.05) is 0 Å². The second-order valence-corrected chi connectivity index (χ2v) is 4.71. The topological polar surface area (TPSA) is 20.3 Å². The molecule has 1 fully saturated rings. The molecule has 0 spiro atoms. The Labute approximate surface area is 105 Å². The molecule has 1 aliphatic heterocycles. The van der Waals surface area contributed by atoms with E-state index in [1.165, 1.54) is 17.0 Å². The Morgan fingerprint density at radius 1 is 1.35 bits per heavy atom. The van der Waals surface area contributed by atoms with Gasteiger partial charge in [0.05, 0.1) is 16.6 Å². The zero-order chi connectivity index (χ0) is 12.6. The highest BCUT2D eigenvalue weighted by Gasteiger charge is 2.29. The fourth-order valence-electron chi connectivity index (χ4n) is 1.76. The lowest BCUT2D eigenvalue weighted by molar-refractivity contribution is 0.0777. The summed E-state index contributed by atoms with van der Waals surface area (Å²) in [5.74, 6) is -2.98. The van der Waals surface area contributed by atoms with Crippen molar-refractivity contribution >= 4 is 21.8 Å². The first-order valence-electron chi connectivity index (χ1n) is 5.07. The second kappa shape index (κ2) is 4.68. The van der Waals surface area contributed by atoms with Crippen LogP contribution < -0.4 is 0 Å². The van der Waals surface area contributed by atoms with Crippen molar-refractivity contribution in [2.24, 2.45) is 0 Å². The summed E-state index contributed by atoms with van der Waals surface area (Å²) in [7, 11) is 0. The number of carbonyl (C=O) groups excluding carboxylic acids is 1. The van der Waals surface area contributed by atoms with Gasteiger partial charge in [-0.2, -0.15) is 0 Å². The van der Waals surface area contributed by atoms with Crippen molar-refractivity contribution in [1.29, 1.82) is 0 Å². The van der Waals surface area contributed by atoms with E-state index in [4.69, 9.17) is 0 Å². The van der Waals surface area contributed by atoms with E-state index in [-0.39, 0.29) is 29.5 Å². The van der Waals surface area contributed by atoms with Crippen molar-refractivity contribution < 1.29 is 18.0 Å². The molecule has 0 aromatic heterocycles. The van der Waals surface area contributed by atoms with E-state index in [2.05, 4.69) is 15.9 Å². The first-order valence-corrected chi connectivity index (χ1v) is 5.87. The Hall–Kier alpha value is -1.04. The number of nitrogens with zero attached hydrogens (tertiary/aromatic N) is 1. The minimum atomic E-state index is -1.20. The van der Waals surface area contributed by atoms with Gasteiger partial charge in [0.15, 0.2) is 11.6 Å². The molecule has 1 aromatic carbocycles. The summed E-state index contributed by atoms with van der Waals surface area (Å²) in [6.07, 6.45) is -0.839. The van der Waals surface area contributed by atoms with Gasteiger partial charge in [-0.15, -0.1) is 0 Å². The van der Waals surface area contributed by atoms with Gasteiger partial charge in [0, 0.05) is 6.54 Å². The largest absolute Gasteiger partial charge is 0.336 e. The lowest BCUT2D eigenvalue weighted by atomic mass is 10.2. The molecule has 1 amide bonds. The Morgan fingerprint density at radius 3 is 2.65 bits per heavy atom. The Bertz CT molecular complexity index is 466. The quantitative estimate of drug-likeness (QED) is 0.731. The number of likely N-dealkylation sites (tertiary alicyclic amines) is 1. The van der Waals surface area contributed by atoms with Gasteiger partial charge in [-0.05, 0) is 34.5 Å². The molecule has 0 N–H and O–H groups in total. The molecular weight excluding hydrogens is 299 g/mol. The van der Waals surface area contributed by atoms with Crippen molar-refractivity contribution in [1.82, 2.24) is 4.90 Å². The Balaban J connectivity index is 2.29. The molecule has 1 aliphatic rings. The van der Waals surface area contributed by atoms with Gasteiger partial charge in [0.25, 0.3) is 5.91 Å². The lowest BCUT2D eigenvalue weighted by Crippen LogP contribution is -2.29. The maximum absolute atomic E-state index is 13.5. The van der Waals surface area contributed by atoms with Gasteiger partial charge in [0.2, 0.25) is 0 Å². The van der Waals surface area contributed by atoms with Crippen LogP contribution >= 0.6 is 15.9 Å². The fourth-order valence-corrected chi connectivity index (χ4v) is 2.07. The Morgan fingerprint density at radius 2 is 2.06 bits per heavy atom. The summed E-state index contributed by atoms with van der Waals surface area (Å²) in [6, 6.07) is 2.45. The van der Waals surface area contributed by atoms with Gasteiger partial charge in [0.1, 0.15) is 6.17 Å². The monoisotopic (exact) mass is 307 g/mol. The minimum absolute atomic E-state index is 0.0451. The molecule has 1 heterocycles. The molecule has 92 valence electrons. The third-order valence-electron chi connectivity index (χ3n) is 2.68. The SMILES string of the molecule is O=C(c1ccc(Br)c(F)c1F)N1CC[C@@H](F)C1. The molecule has 2 nitrogen and oxygen atoms in total. The van der Waals surface area contributed by atoms with Crippen molar-refractivity contribution in [2.75, 3.05) is 13.1 Å². The highest BCUT2D eigenvalue weighted by molar-refractivity contribution is 9.10. The highest BCUT2D eigenvalue weighted by Crippen LogP contribution is 2.23. The maximum Gasteiger partial charge on any atom is 0.257 e. The van der Waals surface area contributed by atoms with Crippen molar-refractivity contribution in [2.45, 2.75) is 12.6 Å². The summed E-state index contributed by atoms with van der Waals surface area (Å²) >= 11 is 2.82. The van der Waals surface area contributed by atoms with E-state index < -0.39 is 23.7 Å². The molecule has 0 bridgehead atoms. The number of rotatable bonds is 1. The molecule has 0 radical (unpaired) electrons. The average molecular weight is 308 g/mol. The molecular formula is C11H9BrF3NO. The number of alkyl halides is 1. The van der Waals surface area contributed by atoms with E-state index in [9.17, 15) is 18.0 Å². The van der Waals surface area contributed by atoms with Crippen LogP contribution in [0.3, 0.4) is 0 Å². The fraction of sp³-hybridized carbons (Fsp3) is 0.364. The molecule has 0 saturated carbocycles. The van der Waals surface area contributed by atoms with E-state index in [0.717, 1.165) is 0 Å². The van der Waals surface area contributed by atoms with Crippen LogP contribution in [0.2, 0.25) is 0 Å². The summed E-state index contributed by atoms with van der Waals surface area (Å²) < 4.78 is 39.6. The van der Waals surface area contributed by atoms with Crippen molar-refractivity contribution in [3.63, 3.8) is 0 Å². The van der Waals surface area contributed by atoms with Crippen LogP contribution in [0.25, 0.3) is 0 Å². The van der Waals surface area contributed by atoms with Crippen LogP contribution in [0, 0.1) is 11.6 Å². The molecule has 1 atom stereocenters. The highest BCUT2D eigenvalue weighted by atomic mass is 79.9. The smallest absolute Gasteiger partial charge is 0.257 e. The van der Waals surface area contributed by atoms with Crippen LogP contribution in [0.5, 0.6) is 0 Å². The number of benzene rings is 1. The second-order valence-electron chi connectivity index (χ2n) is 3.86. The van der Waals surface area contributed by atoms with Crippen LogP contribution in [-0.2, 0) is 0 Å². The third kappa shape index (κ3) is 2.31. The zero-order valence-corrected chi connectivity index (χ0v) is 10.3. The molecule has 0 aliphatic carbocycles. The molecule has 6 heteroatoms. The molecule has 1 saturated heterocycles. The van der Waals surface area contributed by atoms with Gasteiger partial charge >= 0.3 is 0 Å². The number of halogens is 4. The molecule has 2 rings (SSSR count). The normalized spacial score (nSPS) is 19.8.